The van der Waals surface area contributed by atoms with Gasteiger partial charge >= 0.3 is 0 Å². The Bertz CT molecular complexity index is 131. The molecule has 0 aromatic rings. The lowest BCUT2D eigenvalue weighted by Gasteiger charge is -2.34. The summed E-state index contributed by atoms with van der Waals surface area (Å²) in [6.45, 7) is 6.22. The van der Waals surface area contributed by atoms with Crippen LogP contribution in [-0.2, 0) is 4.74 Å². The van der Waals surface area contributed by atoms with Crippen LogP contribution >= 0.6 is 0 Å². The summed E-state index contributed by atoms with van der Waals surface area (Å²) in [5, 5.41) is 0. The molecule has 1 fully saturated rings. The van der Waals surface area contributed by atoms with Gasteiger partial charge in [-0.05, 0) is 6.92 Å². The Morgan fingerprint density at radius 2 is 2.42 bits per heavy atom. The zero-order valence-corrected chi connectivity index (χ0v) is 7.70. The van der Waals surface area contributed by atoms with Crippen molar-refractivity contribution in [1.29, 1.82) is 0 Å². The van der Waals surface area contributed by atoms with Crippen molar-refractivity contribution in [3.63, 3.8) is 0 Å². The second-order valence-corrected chi connectivity index (χ2v) is 3.41. The van der Waals surface area contributed by atoms with Gasteiger partial charge in [0, 0.05) is 31.7 Å². The van der Waals surface area contributed by atoms with Crippen molar-refractivity contribution in [3.05, 3.63) is 0 Å². The molecule has 0 saturated carbocycles. The number of hydrogen-bond acceptors (Lipinski definition) is 4. The third kappa shape index (κ3) is 2.71. The second kappa shape index (κ2) is 4.77. The molecule has 4 N–H and O–H groups in total. The molecule has 0 bridgehead atoms. The molecule has 1 aliphatic heterocycles. The van der Waals surface area contributed by atoms with Gasteiger partial charge in [0.1, 0.15) is 0 Å². The van der Waals surface area contributed by atoms with Crippen LogP contribution in [0.25, 0.3) is 0 Å². The molecule has 0 radical (unpaired) electrons. The number of ether oxygens (including phenoxy) is 1. The van der Waals surface area contributed by atoms with Crippen LogP contribution in [0.3, 0.4) is 0 Å². The summed E-state index contributed by atoms with van der Waals surface area (Å²) in [4.78, 5) is 2.33. The largest absolute Gasteiger partial charge is 0.379 e. The predicted octanol–water partition coefficient (Wildman–Crippen LogP) is -1.01. The monoisotopic (exact) mass is 173 g/mol. The maximum atomic E-state index is 5.76. The third-order valence-electron chi connectivity index (χ3n) is 2.28. The Balaban J connectivity index is 2.28. The standard InChI is InChI=1S/C8H19N3O/c1-7-6-12-3-2-11(7)5-8(10)4-9/h7-8H,2-6,9-10H2,1H3/t7-,8+/m0/s1. The minimum atomic E-state index is 0.102. The van der Waals surface area contributed by atoms with Crippen LogP contribution in [0.15, 0.2) is 0 Å². The molecule has 1 heterocycles. The van der Waals surface area contributed by atoms with Crippen LogP contribution < -0.4 is 11.5 Å². The maximum Gasteiger partial charge on any atom is 0.0619 e. The summed E-state index contributed by atoms with van der Waals surface area (Å²) >= 11 is 0. The van der Waals surface area contributed by atoms with E-state index in [9.17, 15) is 0 Å². The number of morpholine rings is 1. The first kappa shape index (κ1) is 9.92. The van der Waals surface area contributed by atoms with Crippen LogP contribution in [0.5, 0.6) is 0 Å². The lowest BCUT2D eigenvalue weighted by atomic mass is 10.2. The van der Waals surface area contributed by atoms with Gasteiger partial charge in [0.2, 0.25) is 0 Å². The molecule has 0 amide bonds. The molecule has 0 aromatic carbocycles. The van der Waals surface area contributed by atoms with Gasteiger partial charge in [0.05, 0.1) is 13.2 Å². The average Bonchev–Trinajstić information content (AvgIpc) is 2.09. The van der Waals surface area contributed by atoms with Crippen molar-refractivity contribution >= 4 is 0 Å². The van der Waals surface area contributed by atoms with E-state index in [2.05, 4.69) is 11.8 Å². The summed E-state index contributed by atoms with van der Waals surface area (Å²) in [7, 11) is 0. The first-order chi connectivity index (χ1) is 5.74. The van der Waals surface area contributed by atoms with Gasteiger partial charge in [-0.25, -0.2) is 0 Å². The van der Waals surface area contributed by atoms with E-state index in [1.807, 2.05) is 0 Å². The highest BCUT2D eigenvalue weighted by molar-refractivity contribution is 4.76. The Morgan fingerprint density at radius 3 is 3.00 bits per heavy atom. The van der Waals surface area contributed by atoms with Crippen molar-refractivity contribution in [2.75, 3.05) is 32.8 Å². The van der Waals surface area contributed by atoms with Crippen LogP contribution in [0.1, 0.15) is 6.92 Å². The highest BCUT2D eigenvalue weighted by Crippen LogP contribution is 2.05. The molecule has 0 aliphatic carbocycles. The molecule has 2 atom stereocenters. The fraction of sp³-hybridized carbons (Fsp3) is 1.00. The van der Waals surface area contributed by atoms with E-state index in [0.717, 1.165) is 26.3 Å². The molecule has 72 valence electrons. The van der Waals surface area contributed by atoms with Crippen molar-refractivity contribution in [2.24, 2.45) is 11.5 Å². The second-order valence-electron chi connectivity index (χ2n) is 3.41. The van der Waals surface area contributed by atoms with E-state index < -0.39 is 0 Å². The number of nitrogens with zero attached hydrogens (tertiary/aromatic N) is 1. The number of nitrogens with two attached hydrogens (primary N) is 2. The lowest BCUT2D eigenvalue weighted by molar-refractivity contribution is -0.00235. The van der Waals surface area contributed by atoms with Gasteiger partial charge in [-0.1, -0.05) is 0 Å². The first-order valence-electron chi connectivity index (χ1n) is 4.51. The van der Waals surface area contributed by atoms with E-state index in [0.29, 0.717) is 12.6 Å². The van der Waals surface area contributed by atoms with Gasteiger partial charge in [-0.3, -0.25) is 4.90 Å². The normalized spacial score (nSPS) is 28.8. The fourth-order valence-electron chi connectivity index (χ4n) is 1.41. The summed E-state index contributed by atoms with van der Waals surface area (Å²) in [5.41, 5.74) is 11.2. The molecule has 1 aliphatic rings. The molecule has 4 heteroatoms. The van der Waals surface area contributed by atoms with Gasteiger partial charge in [-0.15, -0.1) is 0 Å². The quantitative estimate of drug-likeness (QED) is 0.574. The maximum absolute atomic E-state index is 5.76. The molecule has 12 heavy (non-hydrogen) atoms. The molecular weight excluding hydrogens is 154 g/mol. The van der Waals surface area contributed by atoms with Crippen molar-refractivity contribution in [2.45, 2.75) is 19.0 Å². The van der Waals surface area contributed by atoms with E-state index in [4.69, 9.17) is 16.2 Å². The summed E-state index contributed by atoms with van der Waals surface area (Å²) in [6.07, 6.45) is 0. The first-order valence-corrected chi connectivity index (χ1v) is 4.51. The van der Waals surface area contributed by atoms with E-state index in [1.165, 1.54) is 0 Å². The van der Waals surface area contributed by atoms with E-state index in [1.54, 1.807) is 0 Å². The van der Waals surface area contributed by atoms with E-state index in [-0.39, 0.29) is 6.04 Å². The highest BCUT2D eigenvalue weighted by Gasteiger charge is 2.19. The molecular formula is C8H19N3O. The third-order valence-corrected chi connectivity index (χ3v) is 2.28. The topological polar surface area (TPSA) is 64.5 Å². The molecule has 4 nitrogen and oxygen atoms in total. The molecule has 0 spiro atoms. The van der Waals surface area contributed by atoms with Gasteiger partial charge in [-0.2, -0.15) is 0 Å². The molecule has 1 rings (SSSR count). The molecule has 0 aromatic heterocycles. The Hall–Kier alpha value is -0.160. The Morgan fingerprint density at radius 1 is 1.67 bits per heavy atom. The predicted molar refractivity (Wildman–Crippen MR) is 48.9 cm³/mol. The zero-order chi connectivity index (χ0) is 8.97. The molecule has 1 saturated heterocycles. The van der Waals surface area contributed by atoms with Crippen molar-refractivity contribution < 1.29 is 4.74 Å². The summed E-state index contributed by atoms with van der Waals surface area (Å²) in [6, 6.07) is 0.585. The Labute approximate surface area is 73.8 Å². The Kier molecular flexibility index (Phi) is 3.94. The average molecular weight is 173 g/mol. The minimum absolute atomic E-state index is 0.102. The van der Waals surface area contributed by atoms with Crippen molar-refractivity contribution in [1.82, 2.24) is 4.90 Å². The SMILES string of the molecule is C[C@H]1COCCN1C[C@H](N)CN. The number of rotatable bonds is 3. The van der Waals surface area contributed by atoms with Gasteiger partial charge < -0.3 is 16.2 Å². The van der Waals surface area contributed by atoms with Gasteiger partial charge in [0.15, 0.2) is 0 Å². The van der Waals surface area contributed by atoms with Crippen molar-refractivity contribution in [3.8, 4) is 0 Å². The smallest absolute Gasteiger partial charge is 0.0619 e. The minimum Gasteiger partial charge on any atom is -0.379 e. The van der Waals surface area contributed by atoms with Gasteiger partial charge in [0.25, 0.3) is 0 Å². The van der Waals surface area contributed by atoms with Crippen LogP contribution in [0, 0.1) is 0 Å². The van der Waals surface area contributed by atoms with E-state index >= 15 is 0 Å². The number of hydrogen-bond donors (Lipinski definition) is 2. The molecule has 0 unspecified atom stereocenters. The van der Waals surface area contributed by atoms with Crippen LogP contribution in [0.4, 0.5) is 0 Å². The fourth-order valence-corrected chi connectivity index (χ4v) is 1.41. The summed E-state index contributed by atoms with van der Waals surface area (Å²) < 4.78 is 5.31. The summed E-state index contributed by atoms with van der Waals surface area (Å²) in [5.74, 6) is 0. The highest BCUT2D eigenvalue weighted by atomic mass is 16.5. The van der Waals surface area contributed by atoms with Crippen LogP contribution in [0.2, 0.25) is 0 Å². The lowest BCUT2D eigenvalue weighted by Crippen LogP contribution is -2.50. The van der Waals surface area contributed by atoms with Crippen LogP contribution in [-0.4, -0.2) is 49.8 Å². The zero-order valence-electron chi connectivity index (χ0n) is 7.70.